The van der Waals surface area contributed by atoms with Crippen molar-refractivity contribution in [1.82, 2.24) is 4.98 Å². The number of aromatic nitrogens is 1. The predicted octanol–water partition coefficient (Wildman–Crippen LogP) is 4.73. The van der Waals surface area contributed by atoms with Crippen LogP contribution in [0.1, 0.15) is 56.4 Å². The van der Waals surface area contributed by atoms with Gasteiger partial charge in [0.05, 0.1) is 11.4 Å². The third-order valence-corrected chi connectivity index (χ3v) is 7.23. The summed E-state index contributed by atoms with van der Waals surface area (Å²) in [6, 6.07) is 4.36. The van der Waals surface area contributed by atoms with E-state index in [1.165, 1.54) is 10.4 Å². The van der Waals surface area contributed by atoms with Gasteiger partial charge in [-0.25, -0.2) is 0 Å². The number of hydrogen-bond donors (Lipinski definition) is 1. The SMILES string of the molecule is CC#Cc1cncc(-c2csc([C@]3(C)CC4(CCOCC4)CCC(N)=N3)c2)c1. The third-order valence-electron chi connectivity index (χ3n) is 6.05. The summed E-state index contributed by atoms with van der Waals surface area (Å²) < 4.78 is 5.65. The van der Waals surface area contributed by atoms with Crippen molar-refractivity contribution >= 4 is 17.2 Å². The fraction of sp³-hybridized carbons (Fsp3) is 0.478. The normalized spacial score (nSPS) is 24.1. The average molecular weight is 394 g/mol. The van der Waals surface area contributed by atoms with Crippen LogP contribution in [0.3, 0.4) is 0 Å². The second-order valence-electron chi connectivity index (χ2n) is 8.20. The number of nitrogens with two attached hydrogens (primary N) is 1. The summed E-state index contributed by atoms with van der Waals surface area (Å²) in [5.74, 6) is 6.81. The van der Waals surface area contributed by atoms with Crippen LogP contribution < -0.4 is 5.73 Å². The second-order valence-corrected chi connectivity index (χ2v) is 9.11. The highest BCUT2D eigenvalue weighted by Crippen LogP contribution is 2.50. The molecule has 0 saturated carbocycles. The van der Waals surface area contributed by atoms with Crippen LogP contribution in [0.5, 0.6) is 0 Å². The Labute approximate surface area is 171 Å². The molecule has 4 nitrogen and oxygen atoms in total. The highest BCUT2D eigenvalue weighted by Gasteiger charge is 2.43. The first-order valence-corrected chi connectivity index (χ1v) is 10.8. The van der Waals surface area contributed by atoms with Crippen LogP contribution >= 0.6 is 11.3 Å². The van der Waals surface area contributed by atoms with Crippen molar-refractivity contribution in [3.05, 3.63) is 40.3 Å². The molecule has 0 bridgehead atoms. The van der Waals surface area contributed by atoms with Crippen LogP contribution in [-0.4, -0.2) is 24.0 Å². The standard InChI is InChI=1S/C23H27N3OS/c1-3-4-17-11-18(14-25-13-17)19-12-20(28-15-19)22(2)16-23(6-5-21(24)26-22)7-9-27-10-8-23/h11-15H,5-10,16H2,1-2H3,(H2,24,26)/t22-/m0/s1. The molecule has 4 rings (SSSR count). The minimum absolute atomic E-state index is 0.278. The lowest BCUT2D eigenvalue weighted by Gasteiger charge is -2.40. The average Bonchev–Trinajstić information content (AvgIpc) is 3.15. The van der Waals surface area contributed by atoms with Gasteiger partial charge in [-0.1, -0.05) is 5.92 Å². The Kier molecular flexibility index (Phi) is 5.27. The minimum Gasteiger partial charge on any atom is -0.387 e. The van der Waals surface area contributed by atoms with Crippen molar-refractivity contribution in [3.63, 3.8) is 0 Å². The van der Waals surface area contributed by atoms with Gasteiger partial charge in [0.1, 0.15) is 0 Å². The Balaban J connectivity index is 1.68. The van der Waals surface area contributed by atoms with E-state index in [0.717, 1.165) is 62.3 Å². The number of rotatable bonds is 2. The summed E-state index contributed by atoms with van der Waals surface area (Å²) in [4.78, 5) is 10.6. The first kappa shape index (κ1) is 19.2. The number of aliphatic imine (C=N–C) groups is 1. The number of pyridine rings is 1. The number of nitrogens with zero attached hydrogens (tertiary/aromatic N) is 2. The smallest absolute Gasteiger partial charge is 0.0948 e. The van der Waals surface area contributed by atoms with Crippen molar-refractivity contribution in [2.24, 2.45) is 16.1 Å². The lowest BCUT2D eigenvalue weighted by molar-refractivity contribution is -0.00205. The highest BCUT2D eigenvalue weighted by atomic mass is 32.1. The Morgan fingerprint density at radius 2 is 1.96 bits per heavy atom. The zero-order chi connectivity index (χ0) is 19.6. The number of amidine groups is 1. The monoisotopic (exact) mass is 393 g/mol. The molecule has 146 valence electrons. The molecule has 0 amide bonds. The summed E-state index contributed by atoms with van der Waals surface area (Å²) in [5, 5.41) is 2.20. The van der Waals surface area contributed by atoms with E-state index in [1.807, 2.05) is 13.1 Å². The first-order valence-electron chi connectivity index (χ1n) is 9.91. The van der Waals surface area contributed by atoms with Crippen LogP contribution in [0.25, 0.3) is 11.1 Å². The van der Waals surface area contributed by atoms with Crippen molar-refractivity contribution in [1.29, 1.82) is 0 Å². The zero-order valence-corrected chi connectivity index (χ0v) is 17.4. The summed E-state index contributed by atoms with van der Waals surface area (Å²) in [6.45, 7) is 5.79. The molecule has 1 fully saturated rings. The molecule has 0 aromatic carbocycles. The molecule has 2 aliphatic rings. The fourth-order valence-corrected chi connectivity index (χ4v) is 5.60. The Morgan fingerprint density at radius 3 is 2.75 bits per heavy atom. The third kappa shape index (κ3) is 3.85. The number of ether oxygens (including phenoxy) is 1. The van der Waals surface area contributed by atoms with Gasteiger partial charge in [-0.05, 0) is 68.0 Å². The van der Waals surface area contributed by atoms with Crippen LogP contribution in [0.2, 0.25) is 0 Å². The van der Waals surface area contributed by atoms with Gasteiger partial charge in [0.25, 0.3) is 0 Å². The van der Waals surface area contributed by atoms with Gasteiger partial charge >= 0.3 is 0 Å². The van der Waals surface area contributed by atoms with Crippen LogP contribution in [0.15, 0.2) is 34.9 Å². The number of hydrogen-bond acceptors (Lipinski definition) is 5. The van der Waals surface area contributed by atoms with Crippen molar-refractivity contribution in [2.75, 3.05) is 13.2 Å². The molecule has 2 aromatic heterocycles. The fourth-order valence-electron chi connectivity index (χ4n) is 4.58. The van der Waals surface area contributed by atoms with Gasteiger partial charge in [-0.15, -0.1) is 17.3 Å². The number of thiophene rings is 1. The maximum atomic E-state index is 6.31. The molecule has 1 saturated heterocycles. The van der Waals surface area contributed by atoms with Crippen LogP contribution in [0, 0.1) is 17.3 Å². The quantitative estimate of drug-likeness (QED) is 0.750. The molecule has 2 aromatic rings. The van der Waals surface area contributed by atoms with Gasteiger partial charge in [-0.2, -0.15) is 0 Å². The molecule has 0 aliphatic carbocycles. The first-order chi connectivity index (χ1) is 13.5. The predicted molar refractivity (Wildman–Crippen MR) is 115 cm³/mol. The molecule has 4 heterocycles. The molecule has 1 spiro atoms. The molecular formula is C23H27N3OS. The van der Waals surface area contributed by atoms with Gasteiger partial charge in [-0.3, -0.25) is 9.98 Å². The molecule has 5 heteroatoms. The van der Waals surface area contributed by atoms with E-state index in [2.05, 4.69) is 41.3 Å². The summed E-state index contributed by atoms with van der Waals surface area (Å²) in [6.07, 6.45) is 8.94. The highest BCUT2D eigenvalue weighted by molar-refractivity contribution is 7.10. The van der Waals surface area contributed by atoms with Crippen molar-refractivity contribution in [2.45, 2.75) is 51.5 Å². The molecular weight excluding hydrogens is 366 g/mol. The Bertz CT molecular complexity index is 946. The summed E-state index contributed by atoms with van der Waals surface area (Å²) in [7, 11) is 0. The zero-order valence-electron chi connectivity index (χ0n) is 16.6. The second kappa shape index (κ2) is 7.69. The summed E-state index contributed by atoms with van der Waals surface area (Å²) >= 11 is 1.77. The van der Waals surface area contributed by atoms with Crippen molar-refractivity contribution in [3.8, 4) is 23.0 Å². The molecule has 28 heavy (non-hydrogen) atoms. The van der Waals surface area contributed by atoms with E-state index < -0.39 is 0 Å². The van der Waals surface area contributed by atoms with Crippen molar-refractivity contribution < 1.29 is 4.74 Å². The lowest BCUT2D eigenvalue weighted by Crippen LogP contribution is -2.35. The molecule has 0 radical (unpaired) electrons. The van der Waals surface area contributed by atoms with E-state index in [9.17, 15) is 0 Å². The van der Waals surface area contributed by atoms with E-state index in [1.54, 1.807) is 17.5 Å². The molecule has 1 atom stereocenters. The maximum absolute atomic E-state index is 6.31. The molecule has 2 aliphatic heterocycles. The molecule has 2 N–H and O–H groups in total. The minimum atomic E-state index is -0.283. The van der Waals surface area contributed by atoms with E-state index in [0.29, 0.717) is 0 Å². The van der Waals surface area contributed by atoms with Gasteiger partial charge in [0.15, 0.2) is 0 Å². The Hall–Kier alpha value is -2.16. The lowest BCUT2D eigenvalue weighted by atomic mass is 9.69. The molecule has 0 unspecified atom stereocenters. The van der Waals surface area contributed by atoms with Gasteiger partial charge in [0.2, 0.25) is 0 Å². The van der Waals surface area contributed by atoms with Crippen LogP contribution in [-0.2, 0) is 10.3 Å². The van der Waals surface area contributed by atoms with E-state index in [-0.39, 0.29) is 11.0 Å². The largest absolute Gasteiger partial charge is 0.387 e. The van der Waals surface area contributed by atoms with Crippen LogP contribution in [0.4, 0.5) is 0 Å². The summed E-state index contributed by atoms with van der Waals surface area (Å²) in [5.41, 5.74) is 9.51. The van der Waals surface area contributed by atoms with E-state index in [4.69, 9.17) is 15.5 Å². The van der Waals surface area contributed by atoms with Gasteiger partial charge in [0, 0.05) is 48.0 Å². The Morgan fingerprint density at radius 1 is 1.14 bits per heavy atom. The van der Waals surface area contributed by atoms with E-state index >= 15 is 0 Å². The van der Waals surface area contributed by atoms with Gasteiger partial charge < -0.3 is 10.5 Å². The topological polar surface area (TPSA) is 60.5 Å². The maximum Gasteiger partial charge on any atom is 0.0948 e.